The van der Waals surface area contributed by atoms with E-state index in [1.54, 1.807) is 0 Å². The first-order chi connectivity index (χ1) is 12.1. The Morgan fingerprint density at radius 1 is 1.24 bits per heavy atom. The van der Waals surface area contributed by atoms with Gasteiger partial charge >= 0.3 is 0 Å². The smallest absolute Gasteiger partial charge is 0.251 e. The molecule has 1 fully saturated rings. The number of hydrogen-bond donors (Lipinski definition) is 2. The summed E-state index contributed by atoms with van der Waals surface area (Å²) in [6.07, 6.45) is 6.12. The number of nitrogens with zero attached hydrogens (tertiary/aromatic N) is 2. The highest BCUT2D eigenvalue weighted by atomic mass is 16.1. The van der Waals surface area contributed by atoms with Crippen molar-refractivity contribution in [3.05, 3.63) is 47.3 Å². The third-order valence-corrected chi connectivity index (χ3v) is 5.17. The lowest BCUT2D eigenvalue weighted by atomic mass is 9.84. The molecule has 1 saturated carbocycles. The van der Waals surface area contributed by atoms with Crippen LogP contribution in [0, 0.1) is 19.8 Å². The zero-order valence-corrected chi connectivity index (χ0v) is 15.2. The van der Waals surface area contributed by atoms with Crippen molar-refractivity contribution in [3.8, 4) is 5.69 Å². The lowest BCUT2D eigenvalue weighted by Crippen LogP contribution is -2.45. The summed E-state index contributed by atoms with van der Waals surface area (Å²) in [4.78, 5) is 12.6. The Balaban J connectivity index is 1.68. The van der Waals surface area contributed by atoms with Crippen LogP contribution in [0.3, 0.4) is 0 Å². The first kappa shape index (κ1) is 17.7. The molecule has 1 aliphatic rings. The molecule has 134 valence electrons. The van der Waals surface area contributed by atoms with Crippen molar-refractivity contribution >= 4 is 5.91 Å². The molecule has 1 aromatic heterocycles. The van der Waals surface area contributed by atoms with Crippen molar-refractivity contribution in [2.45, 2.75) is 52.0 Å². The number of aryl methyl sites for hydroxylation is 2. The fourth-order valence-electron chi connectivity index (χ4n) is 3.80. The maximum atomic E-state index is 12.6. The number of benzene rings is 1. The van der Waals surface area contributed by atoms with Crippen LogP contribution >= 0.6 is 0 Å². The molecule has 1 aliphatic carbocycles. The molecule has 1 unspecified atom stereocenters. The Hall–Kier alpha value is -2.14. The quantitative estimate of drug-likeness (QED) is 0.878. The summed E-state index contributed by atoms with van der Waals surface area (Å²) in [7, 11) is 0. The van der Waals surface area contributed by atoms with Gasteiger partial charge in [0.25, 0.3) is 5.91 Å². The highest BCUT2D eigenvalue weighted by molar-refractivity contribution is 5.94. The summed E-state index contributed by atoms with van der Waals surface area (Å²) in [6, 6.07) is 9.70. The number of amides is 1. The van der Waals surface area contributed by atoms with E-state index in [1.165, 1.54) is 32.1 Å². The molecule has 5 nitrogen and oxygen atoms in total. The fourth-order valence-corrected chi connectivity index (χ4v) is 3.80. The van der Waals surface area contributed by atoms with E-state index in [4.69, 9.17) is 5.73 Å². The summed E-state index contributed by atoms with van der Waals surface area (Å²) in [5, 5.41) is 7.62. The third kappa shape index (κ3) is 4.10. The van der Waals surface area contributed by atoms with Gasteiger partial charge in [-0.05, 0) is 62.9 Å². The van der Waals surface area contributed by atoms with Gasteiger partial charge in [-0.2, -0.15) is 5.10 Å². The van der Waals surface area contributed by atoms with Crippen molar-refractivity contribution in [3.63, 3.8) is 0 Å². The van der Waals surface area contributed by atoms with Crippen LogP contribution in [0.1, 0.15) is 53.8 Å². The van der Waals surface area contributed by atoms with Gasteiger partial charge < -0.3 is 11.1 Å². The minimum Gasteiger partial charge on any atom is -0.348 e. The second-order valence-electron chi connectivity index (χ2n) is 7.10. The van der Waals surface area contributed by atoms with Crippen molar-refractivity contribution in [1.29, 1.82) is 0 Å². The average molecular weight is 340 g/mol. The standard InChI is InChI=1S/C20H28N4O/c1-14-12-15(2)24(23-14)18-10-8-17(9-11-18)20(25)22-19(13-21)16-6-4-3-5-7-16/h8-12,16,19H,3-7,13,21H2,1-2H3,(H,22,25). The molecule has 1 heterocycles. The van der Waals surface area contributed by atoms with Gasteiger partial charge in [-0.15, -0.1) is 0 Å². The maximum Gasteiger partial charge on any atom is 0.251 e. The van der Waals surface area contributed by atoms with Crippen LogP contribution in [-0.2, 0) is 0 Å². The van der Waals surface area contributed by atoms with Crippen LogP contribution in [0.5, 0.6) is 0 Å². The van der Waals surface area contributed by atoms with Gasteiger partial charge in [-0.3, -0.25) is 4.79 Å². The van der Waals surface area contributed by atoms with E-state index in [-0.39, 0.29) is 11.9 Å². The average Bonchev–Trinajstić information content (AvgIpc) is 2.98. The largest absolute Gasteiger partial charge is 0.348 e. The van der Waals surface area contributed by atoms with Crippen molar-refractivity contribution < 1.29 is 4.79 Å². The second-order valence-corrected chi connectivity index (χ2v) is 7.10. The number of rotatable bonds is 5. The zero-order valence-electron chi connectivity index (χ0n) is 15.2. The lowest BCUT2D eigenvalue weighted by molar-refractivity contribution is 0.0915. The Labute approximate surface area is 149 Å². The topological polar surface area (TPSA) is 72.9 Å². The zero-order chi connectivity index (χ0) is 17.8. The molecule has 0 aliphatic heterocycles. The molecule has 3 rings (SSSR count). The van der Waals surface area contributed by atoms with E-state index in [1.807, 2.05) is 48.9 Å². The molecule has 0 saturated heterocycles. The molecule has 3 N–H and O–H groups in total. The molecule has 0 spiro atoms. The molecule has 0 bridgehead atoms. The summed E-state index contributed by atoms with van der Waals surface area (Å²) >= 11 is 0. The van der Waals surface area contributed by atoms with Crippen LogP contribution in [0.25, 0.3) is 5.69 Å². The van der Waals surface area contributed by atoms with Crippen molar-refractivity contribution in [2.75, 3.05) is 6.54 Å². The van der Waals surface area contributed by atoms with Crippen LogP contribution in [0.2, 0.25) is 0 Å². The maximum absolute atomic E-state index is 12.6. The molecular formula is C20H28N4O. The second kappa shape index (κ2) is 7.83. The normalized spacial score (nSPS) is 16.6. The van der Waals surface area contributed by atoms with Gasteiger partial charge in [0.1, 0.15) is 0 Å². The number of hydrogen-bond acceptors (Lipinski definition) is 3. The summed E-state index contributed by atoms with van der Waals surface area (Å²) < 4.78 is 1.89. The highest BCUT2D eigenvalue weighted by Gasteiger charge is 2.24. The molecule has 2 aromatic rings. The molecule has 1 amide bonds. The van der Waals surface area contributed by atoms with E-state index >= 15 is 0 Å². The van der Waals surface area contributed by atoms with E-state index in [0.29, 0.717) is 18.0 Å². The first-order valence-corrected chi connectivity index (χ1v) is 9.23. The summed E-state index contributed by atoms with van der Waals surface area (Å²) in [5.41, 5.74) is 9.61. The SMILES string of the molecule is Cc1cc(C)n(-c2ccc(C(=O)NC(CN)C3CCCCC3)cc2)n1. The predicted molar refractivity (Wildman–Crippen MR) is 99.9 cm³/mol. The molecule has 5 heteroatoms. The minimum atomic E-state index is -0.0408. The van der Waals surface area contributed by atoms with Crippen molar-refractivity contribution in [2.24, 2.45) is 11.7 Å². The predicted octanol–water partition coefficient (Wildman–Crippen LogP) is 3.13. The highest BCUT2D eigenvalue weighted by Crippen LogP contribution is 2.26. The van der Waals surface area contributed by atoms with Crippen LogP contribution in [0.4, 0.5) is 0 Å². The summed E-state index contributed by atoms with van der Waals surface area (Å²) in [6.45, 7) is 4.50. The van der Waals surface area contributed by atoms with Crippen LogP contribution in [-0.4, -0.2) is 28.3 Å². The van der Waals surface area contributed by atoms with Gasteiger partial charge in [-0.1, -0.05) is 19.3 Å². The Bertz CT molecular complexity index is 714. The Morgan fingerprint density at radius 2 is 1.92 bits per heavy atom. The van der Waals surface area contributed by atoms with E-state index in [0.717, 1.165) is 17.1 Å². The molecule has 0 radical (unpaired) electrons. The summed E-state index contributed by atoms with van der Waals surface area (Å²) in [5.74, 6) is 0.470. The molecule has 1 atom stereocenters. The van der Waals surface area contributed by atoms with E-state index < -0.39 is 0 Å². The van der Waals surface area contributed by atoms with Gasteiger partial charge in [0, 0.05) is 23.8 Å². The minimum absolute atomic E-state index is 0.0408. The van der Waals surface area contributed by atoms with Crippen molar-refractivity contribution in [1.82, 2.24) is 15.1 Å². The molecule has 25 heavy (non-hydrogen) atoms. The van der Waals surface area contributed by atoms with Gasteiger partial charge in [0.15, 0.2) is 0 Å². The van der Waals surface area contributed by atoms with E-state index in [9.17, 15) is 4.79 Å². The van der Waals surface area contributed by atoms with Gasteiger partial charge in [0.2, 0.25) is 0 Å². The Kier molecular flexibility index (Phi) is 5.53. The molecule has 1 aromatic carbocycles. The monoisotopic (exact) mass is 340 g/mol. The van der Waals surface area contributed by atoms with Crippen LogP contribution in [0.15, 0.2) is 30.3 Å². The number of nitrogens with two attached hydrogens (primary N) is 1. The number of carbonyl (C=O) groups excluding carboxylic acids is 1. The number of carbonyl (C=O) groups is 1. The molecular weight excluding hydrogens is 312 g/mol. The van der Waals surface area contributed by atoms with Gasteiger partial charge in [0.05, 0.1) is 11.4 Å². The fraction of sp³-hybridized carbons (Fsp3) is 0.500. The first-order valence-electron chi connectivity index (χ1n) is 9.23. The van der Waals surface area contributed by atoms with Crippen LogP contribution < -0.4 is 11.1 Å². The van der Waals surface area contributed by atoms with E-state index in [2.05, 4.69) is 10.4 Å². The third-order valence-electron chi connectivity index (χ3n) is 5.17. The Morgan fingerprint density at radius 3 is 2.48 bits per heavy atom. The number of nitrogens with one attached hydrogen (secondary N) is 1. The lowest BCUT2D eigenvalue weighted by Gasteiger charge is -2.30. The van der Waals surface area contributed by atoms with Gasteiger partial charge in [-0.25, -0.2) is 4.68 Å². The number of aromatic nitrogens is 2.